The van der Waals surface area contributed by atoms with Gasteiger partial charge in [-0.05, 0) is 58.7 Å². The Morgan fingerprint density at radius 1 is 1.32 bits per heavy atom. The lowest BCUT2D eigenvalue weighted by Crippen LogP contribution is -2.44. The predicted molar refractivity (Wildman–Crippen MR) is 83.3 cm³/mol. The van der Waals surface area contributed by atoms with E-state index in [9.17, 15) is 0 Å². The van der Waals surface area contributed by atoms with Crippen LogP contribution in [0.2, 0.25) is 0 Å². The van der Waals surface area contributed by atoms with E-state index in [0.717, 1.165) is 10.9 Å². The lowest BCUT2D eigenvalue weighted by molar-refractivity contribution is -0.0703. The lowest BCUT2D eigenvalue weighted by atomic mass is 9.93. The summed E-state index contributed by atoms with van der Waals surface area (Å²) < 4.78 is 7.26. The van der Waals surface area contributed by atoms with Gasteiger partial charge in [0.15, 0.2) is 0 Å². The number of halogens is 1. The maximum atomic E-state index is 6.14. The molecule has 3 heteroatoms. The van der Waals surface area contributed by atoms with E-state index >= 15 is 0 Å². The Labute approximate surface area is 125 Å². The van der Waals surface area contributed by atoms with Crippen LogP contribution in [0.25, 0.3) is 0 Å². The molecule has 2 atom stereocenters. The van der Waals surface area contributed by atoms with E-state index < -0.39 is 0 Å². The van der Waals surface area contributed by atoms with Gasteiger partial charge in [0.05, 0.1) is 11.2 Å². The number of hydrogen-bond donors (Lipinski definition) is 1. The molecule has 0 radical (unpaired) electrons. The fraction of sp³-hybridized carbons (Fsp3) is 0.625. The Hall–Kier alpha value is -0.380. The molecule has 1 saturated heterocycles. The molecule has 106 valence electrons. The van der Waals surface area contributed by atoms with Gasteiger partial charge in [-0.15, -0.1) is 0 Å². The summed E-state index contributed by atoms with van der Waals surface area (Å²) in [4.78, 5) is 0. The molecule has 19 heavy (non-hydrogen) atoms. The Bertz CT molecular complexity index is 456. The van der Waals surface area contributed by atoms with E-state index in [-0.39, 0.29) is 11.2 Å². The van der Waals surface area contributed by atoms with Crippen LogP contribution >= 0.6 is 15.9 Å². The van der Waals surface area contributed by atoms with Crippen molar-refractivity contribution in [3.63, 3.8) is 0 Å². The molecule has 0 bridgehead atoms. The number of rotatable bonds is 3. The normalized spacial score (nSPS) is 26.3. The summed E-state index contributed by atoms with van der Waals surface area (Å²) in [5.41, 5.74) is 1.14. The molecule has 1 aliphatic heterocycles. The molecule has 0 saturated carbocycles. The standard InChI is InChI=1S/C16H24BrNO/c1-11(12-7-6-8-13(17)9-12)18-14-10-15(2,3)19-16(14,4)5/h6-9,11,14,18H,10H2,1-5H3/t11-,14?/m1/s1. The largest absolute Gasteiger partial charge is 0.368 e. The zero-order chi connectivity index (χ0) is 14.3. The maximum Gasteiger partial charge on any atom is 0.0787 e. The molecule has 0 amide bonds. The van der Waals surface area contributed by atoms with Crippen molar-refractivity contribution in [1.29, 1.82) is 0 Å². The van der Waals surface area contributed by atoms with Crippen LogP contribution in [0.4, 0.5) is 0 Å². The van der Waals surface area contributed by atoms with Gasteiger partial charge in [0.1, 0.15) is 0 Å². The molecular weight excluding hydrogens is 302 g/mol. The third-order valence-corrected chi connectivity index (χ3v) is 4.37. The molecule has 1 fully saturated rings. The van der Waals surface area contributed by atoms with Crippen LogP contribution in [0.1, 0.15) is 52.6 Å². The number of benzene rings is 1. The van der Waals surface area contributed by atoms with Crippen LogP contribution in [-0.2, 0) is 4.74 Å². The average molecular weight is 326 g/mol. The summed E-state index contributed by atoms with van der Waals surface area (Å²) in [5, 5.41) is 3.72. The van der Waals surface area contributed by atoms with Crippen LogP contribution in [0.5, 0.6) is 0 Å². The molecule has 1 aromatic rings. The monoisotopic (exact) mass is 325 g/mol. The molecule has 1 heterocycles. The predicted octanol–water partition coefficient (Wildman–Crippen LogP) is 4.45. The van der Waals surface area contributed by atoms with Gasteiger partial charge in [0, 0.05) is 16.6 Å². The van der Waals surface area contributed by atoms with Gasteiger partial charge < -0.3 is 10.1 Å². The maximum absolute atomic E-state index is 6.14. The summed E-state index contributed by atoms with van der Waals surface area (Å²) in [6, 6.07) is 9.16. The number of nitrogens with one attached hydrogen (secondary N) is 1. The molecule has 0 spiro atoms. The van der Waals surface area contributed by atoms with Crippen molar-refractivity contribution < 1.29 is 4.74 Å². The molecule has 1 N–H and O–H groups in total. The number of hydrogen-bond acceptors (Lipinski definition) is 2. The summed E-state index contributed by atoms with van der Waals surface area (Å²) in [5.74, 6) is 0. The van der Waals surface area contributed by atoms with Gasteiger partial charge in [-0.2, -0.15) is 0 Å². The first kappa shape index (κ1) is 15.0. The van der Waals surface area contributed by atoms with Gasteiger partial charge in [-0.1, -0.05) is 28.1 Å². The van der Waals surface area contributed by atoms with Crippen LogP contribution in [-0.4, -0.2) is 17.2 Å². The van der Waals surface area contributed by atoms with Crippen LogP contribution < -0.4 is 5.32 Å². The Morgan fingerprint density at radius 2 is 2.00 bits per heavy atom. The second kappa shape index (κ2) is 5.19. The van der Waals surface area contributed by atoms with Crippen LogP contribution in [0.15, 0.2) is 28.7 Å². The molecular formula is C16H24BrNO. The number of ether oxygens (including phenoxy) is 1. The Kier molecular flexibility index (Phi) is 4.10. The fourth-order valence-electron chi connectivity index (χ4n) is 3.00. The Morgan fingerprint density at radius 3 is 2.53 bits per heavy atom. The van der Waals surface area contributed by atoms with Gasteiger partial charge >= 0.3 is 0 Å². The van der Waals surface area contributed by atoms with E-state index in [1.807, 2.05) is 0 Å². The highest BCUT2D eigenvalue weighted by molar-refractivity contribution is 9.10. The van der Waals surface area contributed by atoms with Crippen molar-refractivity contribution in [1.82, 2.24) is 5.32 Å². The minimum atomic E-state index is -0.121. The molecule has 1 aromatic carbocycles. The second-order valence-electron chi connectivity index (χ2n) is 6.67. The first-order valence-corrected chi connectivity index (χ1v) is 7.71. The lowest BCUT2D eigenvalue weighted by Gasteiger charge is -2.30. The highest BCUT2D eigenvalue weighted by atomic mass is 79.9. The van der Waals surface area contributed by atoms with Gasteiger partial charge in [-0.3, -0.25) is 0 Å². The van der Waals surface area contributed by atoms with Crippen molar-refractivity contribution in [3.05, 3.63) is 34.3 Å². The molecule has 0 aromatic heterocycles. The highest BCUT2D eigenvalue weighted by Crippen LogP contribution is 2.38. The summed E-state index contributed by atoms with van der Waals surface area (Å²) in [6.45, 7) is 10.9. The van der Waals surface area contributed by atoms with E-state index in [0.29, 0.717) is 12.1 Å². The summed E-state index contributed by atoms with van der Waals surface area (Å²) in [7, 11) is 0. The van der Waals surface area contributed by atoms with E-state index in [1.165, 1.54) is 5.56 Å². The van der Waals surface area contributed by atoms with Crippen molar-refractivity contribution in [3.8, 4) is 0 Å². The van der Waals surface area contributed by atoms with Crippen molar-refractivity contribution in [2.75, 3.05) is 0 Å². The van der Waals surface area contributed by atoms with E-state index in [1.54, 1.807) is 0 Å². The minimum Gasteiger partial charge on any atom is -0.368 e. The average Bonchev–Trinajstić information content (AvgIpc) is 2.46. The van der Waals surface area contributed by atoms with Crippen LogP contribution in [0, 0.1) is 0 Å². The first-order chi connectivity index (χ1) is 8.70. The third-order valence-electron chi connectivity index (χ3n) is 3.87. The SMILES string of the molecule is C[C@@H](NC1CC(C)(C)OC1(C)C)c1cccc(Br)c1. The molecule has 2 nitrogen and oxygen atoms in total. The van der Waals surface area contributed by atoms with Crippen molar-refractivity contribution in [2.45, 2.75) is 64.3 Å². The minimum absolute atomic E-state index is 0.0435. The summed E-state index contributed by atoms with van der Waals surface area (Å²) >= 11 is 3.53. The zero-order valence-electron chi connectivity index (χ0n) is 12.5. The fourth-order valence-corrected chi connectivity index (χ4v) is 3.41. The summed E-state index contributed by atoms with van der Waals surface area (Å²) in [6.07, 6.45) is 1.04. The highest BCUT2D eigenvalue weighted by Gasteiger charge is 2.46. The van der Waals surface area contributed by atoms with Crippen molar-refractivity contribution in [2.24, 2.45) is 0 Å². The van der Waals surface area contributed by atoms with Gasteiger partial charge in [0.2, 0.25) is 0 Å². The third kappa shape index (κ3) is 3.59. The van der Waals surface area contributed by atoms with Crippen LogP contribution in [0.3, 0.4) is 0 Å². The first-order valence-electron chi connectivity index (χ1n) is 6.91. The van der Waals surface area contributed by atoms with Crippen molar-refractivity contribution >= 4 is 15.9 Å². The molecule has 1 unspecified atom stereocenters. The Balaban J connectivity index is 2.09. The molecule has 1 aliphatic rings. The van der Waals surface area contributed by atoms with E-state index in [4.69, 9.17) is 4.74 Å². The molecule has 2 rings (SSSR count). The topological polar surface area (TPSA) is 21.3 Å². The quantitative estimate of drug-likeness (QED) is 0.886. The van der Waals surface area contributed by atoms with Gasteiger partial charge in [0.25, 0.3) is 0 Å². The van der Waals surface area contributed by atoms with E-state index in [2.05, 4.69) is 80.1 Å². The molecule has 0 aliphatic carbocycles. The van der Waals surface area contributed by atoms with Gasteiger partial charge in [-0.25, -0.2) is 0 Å². The second-order valence-corrected chi connectivity index (χ2v) is 7.58. The zero-order valence-corrected chi connectivity index (χ0v) is 14.0. The smallest absolute Gasteiger partial charge is 0.0787 e.